The molecule has 0 aliphatic rings. The van der Waals surface area contributed by atoms with Crippen LogP contribution >= 0.6 is 27.7 Å². The van der Waals surface area contributed by atoms with Gasteiger partial charge < -0.3 is 15.6 Å². The van der Waals surface area contributed by atoms with Crippen molar-refractivity contribution in [1.29, 1.82) is 0 Å². The molecular formula is C18H17BrFN5OS. The molecule has 0 atom stereocenters. The van der Waals surface area contributed by atoms with Gasteiger partial charge in [-0.1, -0.05) is 39.8 Å². The molecule has 9 heteroatoms. The number of hydrogen-bond donors (Lipinski definition) is 2. The predicted molar refractivity (Wildman–Crippen MR) is 109 cm³/mol. The van der Waals surface area contributed by atoms with Crippen molar-refractivity contribution in [3.63, 3.8) is 0 Å². The van der Waals surface area contributed by atoms with E-state index in [1.807, 2.05) is 29.7 Å². The first kappa shape index (κ1) is 19.4. The smallest absolute Gasteiger partial charge is 0.234 e. The molecule has 1 aromatic heterocycles. The predicted octanol–water partition coefficient (Wildman–Crippen LogP) is 4.18. The molecule has 3 N–H and O–H groups in total. The first-order valence-corrected chi connectivity index (χ1v) is 9.92. The van der Waals surface area contributed by atoms with E-state index in [1.54, 1.807) is 12.1 Å². The van der Waals surface area contributed by atoms with Crippen molar-refractivity contribution in [2.24, 2.45) is 0 Å². The standard InChI is InChI=1S/C18H17BrFN5OS/c1-2-25-17(11-4-3-5-13(21)8-11)23-24-18(25)27-10-16(26)22-15-7-6-12(19)9-14(15)20/h3-9H,2,10,21H2,1H3,(H,22,26). The Morgan fingerprint density at radius 1 is 1.30 bits per heavy atom. The maximum absolute atomic E-state index is 13.8. The molecule has 0 radical (unpaired) electrons. The number of benzene rings is 2. The molecule has 0 fully saturated rings. The lowest BCUT2D eigenvalue weighted by Gasteiger charge is -2.09. The molecule has 0 aliphatic carbocycles. The van der Waals surface area contributed by atoms with Crippen molar-refractivity contribution in [1.82, 2.24) is 14.8 Å². The second-order valence-electron chi connectivity index (χ2n) is 5.64. The van der Waals surface area contributed by atoms with Crippen molar-refractivity contribution in [3.8, 4) is 11.4 Å². The van der Waals surface area contributed by atoms with Crippen LogP contribution in [0.3, 0.4) is 0 Å². The highest BCUT2D eigenvalue weighted by Crippen LogP contribution is 2.25. The van der Waals surface area contributed by atoms with E-state index in [0.717, 1.165) is 5.56 Å². The normalized spacial score (nSPS) is 10.8. The molecule has 3 aromatic rings. The van der Waals surface area contributed by atoms with E-state index in [1.165, 1.54) is 23.9 Å². The number of nitrogen functional groups attached to an aromatic ring is 1. The summed E-state index contributed by atoms with van der Waals surface area (Å²) < 4.78 is 16.3. The van der Waals surface area contributed by atoms with Crippen molar-refractivity contribution in [2.45, 2.75) is 18.6 Å². The summed E-state index contributed by atoms with van der Waals surface area (Å²) >= 11 is 4.43. The maximum Gasteiger partial charge on any atom is 0.234 e. The SMILES string of the molecule is CCn1c(SCC(=O)Nc2ccc(Br)cc2F)nnc1-c1cccc(N)c1. The lowest BCUT2D eigenvalue weighted by Crippen LogP contribution is -2.15. The molecule has 0 spiro atoms. The van der Waals surface area contributed by atoms with Crippen LogP contribution in [0.1, 0.15) is 6.92 Å². The third-order valence-electron chi connectivity index (χ3n) is 3.72. The summed E-state index contributed by atoms with van der Waals surface area (Å²) in [6, 6.07) is 11.9. The molecule has 27 heavy (non-hydrogen) atoms. The molecule has 0 saturated heterocycles. The van der Waals surface area contributed by atoms with Crippen molar-refractivity contribution >= 4 is 45.0 Å². The summed E-state index contributed by atoms with van der Waals surface area (Å²) in [5, 5.41) is 11.6. The highest BCUT2D eigenvalue weighted by atomic mass is 79.9. The van der Waals surface area contributed by atoms with Crippen LogP contribution in [0.4, 0.5) is 15.8 Å². The van der Waals surface area contributed by atoms with E-state index in [2.05, 4.69) is 31.4 Å². The summed E-state index contributed by atoms with van der Waals surface area (Å²) in [6.45, 7) is 2.61. The Hall–Kier alpha value is -2.39. The highest BCUT2D eigenvalue weighted by Gasteiger charge is 2.15. The monoisotopic (exact) mass is 449 g/mol. The Morgan fingerprint density at radius 3 is 2.81 bits per heavy atom. The number of carbonyl (C=O) groups is 1. The molecule has 0 aliphatic heterocycles. The minimum Gasteiger partial charge on any atom is -0.399 e. The van der Waals surface area contributed by atoms with Gasteiger partial charge in [0.2, 0.25) is 5.91 Å². The van der Waals surface area contributed by atoms with Gasteiger partial charge in [0.15, 0.2) is 11.0 Å². The maximum atomic E-state index is 13.8. The second kappa shape index (κ2) is 8.53. The molecule has 1 amide bonds. The molecule has 2 aromatic carbocycles. The van der Waals surface area contributed by atoms with E-state index >= 15 is 0 Å². The Morgan fingerprint density at radius 2 is 2.11 bits per heavy atom. The van der Waals surface area contributed by atoms with Crippen LogP contribution in [0.15, 0.2) is 52.1 Å². The first-order chi connectivity index (χ1) is 13.0. The van der Waals surface area contributed by atoms with E-state index in [4.69, 9.17) is 5.73 Å². The third kappa shape index (κ3) is 4.67. The fourth-order valence-corrected chi connectivity index (χ4v) is 3.61. The largest absolute Gasteiger partial charge is 0.399 e. The van der Waals surface area contributed by atoms with Crippen molar-refractivity contribution < 1.29 is 9.18 Å². The van der Waals surface area contributed by atoms with Gasteiger partial charge in [0, 0.05) is 22.3 Å². The number of amides is 1. The van der Waals surface area contributed by atoms with Gasteiger partial charge in [0.1, 0.15) is 5.82 Å². The lowest BCUT2D eigenvalue weighted by atomic mass is 10.2. The molecule has 0 saturated carbocycles. The number of anilines is 2. The van der Waals surface area contributed by atoms with Crippen LogP contribution in [-0.4, -0.2) is 26.4 Å². The number of halogens is 2. The summed E-state index contributed by atoms with van der Waals surface area (Å²) in [5.74, 6) is -0.0441. The fourth-order valence-electron chi connectivity index (χ4n) is 2.48. The van der Waals surface area contributed by atoms with Gasteiger partial charge >= 0.3 is 0 Å². The molecular weight excluding hydrogens is 433 g/mol. The van der Waals surface area contributed by atoms with Crippen LogP contribution in [0.2, 0.25) is 0 Å². The van der Waals surface area contributed by atoms with Crippen LogP contribution in [0, 0.1) is 5.82 Å². The number of nitrogens with one attached hydrogen (secondary N) is 1. The molecule has 1 heterocycles. The van der Waals surface area contributed by atoms with Gasteiger partial charge in [0.05, 0.1) is 11.4 Å². The average molecular weight is 450 g/mol. The van der Waals surface area contributed by atoms with Crippen LogP contribution < -0.4 is 11.1 Å². The summed E-state index contributed by atoms with van der Waals surface area (Å²) in [4.78, 5) is 12.2. The molecule has 140 valence electrons. The molecule has 3 rings (SSSR count). The number of hydrogen-bond acceptors (Lipinski definition) is 5. The van der Waals surface area contributed by atoms with Crippen molar-refractivity contribution in [3.05, 3.63) is 52.8 Å². The topological polar surface area (TPSA) is 85.8 Å². The zero-order valence-corrected chi connectivity index (χ0v) is 16.8. The van der Waals surface area contributed by atoms with Gasteiger partial charge in [-0.3, -0.25) is 4.79 Å². The fraction of sp³-hybridized carbons (Fsp3) is 0.167. The summed E-state index contributed by atoms with van der Waals surface area (Å²) in [6.07, 6.45) is 0. The van der Waals surface area contributed by atoms with Crippen molar-refractivity contribution in [2.75, 3.05) is 16.8 Å². The third-order valence-corrected chi connectivity index (χ3v) is 5.18. The zero-order valence-electron chi connectivity index (χ0n) is 14.4. The Kier molecular flexibility index (Phi) is 6.12. The quantitative estimate of drug-likeness (QED) is 0.435. The number of rotatable bonds is 6. The summed E-state index contributed by atoms with van der Waals surface area (Å²) in [5.41, 5.74) is 7.48. The number of nitrogens with zero attached hydrogens (tertiary/aromatic N) is 3. The lowest BCUT2D eigenvalue weighted by molar-refractivity contribution is -0.113. The van der Waals surface area contributed by atoms with E-state index in [9.17, 15) is 9.18 Å². The Labute approximate surface area is 168 Å². The van der Waals surface area contributed by atoms with Gasteiger partial charge in [-0.2, -0.15) is 0 Å². The van der Waals surface area contributed by atoms with Crippen LogP contribution in [0.25, 0.3) is 11.4 Å². The minimum absolute atomic E-state index is 0.0879. The second-order valence-corrected chi connectivity index (χ2v) is 7.50. The minimum atomic E-state index is -0.497. The number of aromatic nitrogens is 3. The Bertz CT molecular complexity index is 978. The van der Waals surface area contributed by atoms with E-state index in [0.29, 0.717) is 27.7 Å². The van der Waals surface area contributed by atoms with Gasteiger partial charge in [-0.25, -0.2) is 4.39 Å². The van der Waals surface area contributed by atoms with Crippen LogP contribution in [-0.2, 0) is 11.3 Å². The first-order valence-electron chi connectivity index (χ1n) is 8.14. The van der Waals surface area contributed by atoms with E-state index in [-0.39, 0.29) is 17.3 Å². The van der Waals surface area contributed by atoms with E-state index < -0.39 is 5.82 Å². The zero-order chi connectivity index (χ0) is 19.4. The Balaban J connectivity index is 1.70. The van der Waals surface area contributed by atoms with Gasteiger partial charge in [0.25, 0.3) is 0 Å². The van der Waals surface area contributed by atoms with Gasteiger partial charge in [-0.05, 0) is 37.3 Å². The molecule has 0 bridgehead atoms. The van der Waals surface area contributed by atoms with Crippen LogP contribution in [0.5, 0.6) is 0 Å². The number of nitrogens with two attached hydrogens (primary N) is 1. The number of carbonyl (C=O) groups excluding carboxylic acids is 1. The molecule has 0 unspecified atom stereocenters. The average Bonchev–Trinajstić information content (AvgIpc) is 3.05. The number of thioether (sulfide) groups is 1. The van der Waals surface area contributed by atoms with Gasteiger partial charge in [-0.15, -0.1) is 10.2 Å². The summed E-state index contributed by atoms with van der Waals surface area (Å²) in [7, 11) is 0. The highest BCUT2D eigenvalue weighted by molar-refractivity contribution is 9.10. The molecule has 6 nitrogen and oxygen atoms in total.